The molecule has 3 nitrogen and oxygen atoms in total. The van der Waals surface area contributed by atoms with Gasteiger partial charge in [-0.25, -0.2) is 0 Å². The monoisotopic (exact) mass is 259 g/mol. The highest BCUT2D eigenvalue weighted by Crippen LogP contribution is 2.41. The van der Waals surface area contributed by atoms with Crippen molar-refractivity contribution in [3.63, 3.8) is 0 Å². The first-order chi connectivity index (χ1) is 9.24. The lowest BCUT2D eigenvalue weighted by Crippen LogP contribution is -2.29. The predicted octanol–water partition coefficient (Wildman–Crippen LogP) is 2.93. The molecule has 3 rings (SSSR count). The van der Waals surface area contributed by atoms with Crippen molar-refractivity contribution in [1.82, 2.24) is 4.90 Å². The number of carboxylic acid groups (broad SMARTS) is 1. The molecule has 1 saturated carbocycles. The molecule has 19 heavy (non-hydrogen) atoms. The zero-order valence-corrected chi connectivity index (χ0v) is 11.2. The van der Waals surface area contributed by atoms with E-state index in [-0.39, 0.29) is 12.5 Å². The van der Waals surface area contributed by atoms with Gasteiger partial charge in [-0.15, -0.1) is 0 Å². The summed E-state index contributed by atoms with van der Waals surface area (Å²) in [6.07, 6.45) is 4.23. The van der Waals surface area contributed by atoms with Crippen molar-refractivity contribution in [2.75, 3.05) is 13.1 Å². The van der Waals surface area contributed by atoms with E-state index in [0.717, 1.165) is 30.5 Å². The van der Waals surface area contributed by atoms with Crippen molar-refractivity contribution < 1.29 is 9.90 Å². The van der Waals surface area contributed by atoms with Crippen molar-refractivity contribution >= 4 is 5.97 Å². The Hall–Kier alpha value is -1.35. The smallest absolute Gasteiger partial charge is 0.305 e. The van der Waals surface area contributed by atoms with Gasteiger partial charge in [-0.05, 0) is 30.2 Å². The largest absolute Gasteiger partial charge is 0.481 e. The van der Waals surface area contributed by atoms with Crippen LogP contribution < -0.4 is 0 Å². The van der Waals surface area contributed by atoms with E-state index < -0.39 is 5.97 Å². The molecule has 0 amide bonds. The summed E-state index contributed by atoms with van der Waals surface area (Å²) in [6, 6.07) is 10.1. The van der Waals surface area contributed by atoms with Crippen LogP contribution >= 0.6 is 0 Å². The first-order valence-electron chi connectivity index (χ1n) is 7.25. The highest BCUT2D eigenvalue weighted by molar-refractivity contribution is 5.68. The van der Waals surface area contributed by atoms with E-state index in [9.17, 15) is 9.90 Å². The second-order valence-corrected chi connectivity index (χ2v) is 5.93. The van der Waals surface area contributed by atoms with Gasteiger partial charge < -0.3 is 5.11 Å². The molecule has 2 fully saturated rings. The van der Waals surface area contributed by atoms with E-state index >= 15 is 0 Å². The molecule has 1 N–H and O–H groups in total. The maximum absolute atomic E-state index is 11.2. The molecule has 1 saturated heterocycles. The third kappa shape index (κ3) is 2.66. The quantitative estimate of drug-likeness (QED) is 0.903. The number of carbonyl (C=O) groups is 1. The average Bonchev–Trinajstić information content (AvgIpc) is 2.97. The van der Waals surface area contributed by atoms with Crippen LogP contribution in [-0.4, -0.2) is 29.1 Å². The Kier molecular flexibility index (Phi) is 3.56. The molecule has 1 aromatic carbocycles. The zero-order valence-electron chi connectivity index (χ0n) is 11.2. The first-order valence-corrected chi connectivity index (χ1v) is 7.25. The number of hydrogen-bond acceptors (Lipinski definition) is 2. The minimum atomic E-state index is -0.703. The summed E-state index contributed by atoms with van der Waals surface area (Å²) in [6.45, 7) is 2.16. The third-order valence-electron chi connectivity index (χ3n) is 4.75. The van der Waals surface area contributed by atoms with Gasteiger partial charge in [0, 0.05) is 19.1 Å². The molecule has 1 aliphatic carbocycles. The van der Waals surface area contributed by atoms with Gasteiger partial charge in [0.1, 0.15) is 0 Å². The molecule has 3 unspecified atom stereocenters. The van der Waals surface area contributed by atoms with Crippen LogP contribution in [0.5, 0.6) is 0 Å². The highest BCUT2D eigenvalue weighted by Gasteiger charge is 2.39. The molecule has 3 atom stereocenters. The maximum Gasteiger partial charge on any atom is 0.305 e. The highest BCUT2D eigenvalue weighted by atomic mass is 16.4. The molecular formula is C16H21NO2. The minimum Gasteiger partial charge on any atom is -0.481 e. The van der Waals surface area contributed by atoms with Gasteiger partial charge >= 0.3 is 5.97 Å². The topological polar surface area (TPSA) is 40.5 Å². The number of nitrogens with zero attached hydrogens (tertiary/aromatic N) is 1. The lowest BCUT2D eigenvalue weighted by Gasteiger charge is -2.27. The first kappa shape index (κ1) is 12.7. The summed E-state index contributed by atoms with van der Waals surface area (Å²) in [7, 11) is 0. The van der Waals surface area contributed by atoms with Crippen LogP contribution in [-0.2, 0) is 4.79 Å². The Labute approximate surface area is 114 Å². The number of rotatable bonds is 4. The number of aliphatic carboxylic acids is 1. The third-order valence-corrected chi connectivity index (χ3v) is 4.75. The Morgan fingerprint density at radius 2 is 1.84 bits per heavy atom. The van der Waals surface area contributed by atoms with Gasteiger partial charge in [0.2, 0.25) is 0 Å². The van der Waals surface area contributed by atoms with E-state index in [1.54, 1.807) is 0 Å². The SMILES string of the molecule is O=C(O)CC(c1ccccc1)N1CC2CCCC2C1. The molecule has 1 aliphatic heterocycles. The van der Waals surface area contributed by atoms with Crippen LogP contribution in [0.1, 0.15) is 37.3 Å². The van der Waals surface area contributed by atoms with Crippen LogP contribution in [0.25, 0.3) is 0 Å². The second kappa shape index (κ2) is 5.33. The lowest BCUT2D eigenvalue weighted by atomic mass is 10.0. The van der Waals surface area contributed by atoms with Gasteiger partial charge in [-0.1, -0.05) is 36.8 Å². The number of fused-ring (bicyclic) bond motifs is 1. The summed E-state index contributed by atoms with van der Waals surface area (Å²) in [5.41, 5.74) is 1.14. The van der Waals surface area contributed by atoms with Gasteiger partial charge in [0.15, 0.2) is 0 Å². The zero-order chi connectivity index (χ0) is 13.2. The summed E-state index contributed by atoms with van der Waals surface area (Å²) in [5.74, 6) is 0.908. The molecule has 0 aromatic heterocycles. The van der Waals surface area contributed by atoms with Gasteiger partial charge in [-0.3, -0.25) is 9.69 Å². The predicted molar refractivity (Wildman–Crippen MR) is 73.8 cm³/mol. The summed E-state index contributed by atoms with van der Waals surface area (Å²) >= 11 is 0. The lowest BCUT2D eigenvalue weighted by molar-refractivity contribution is -0.138. The maximum atomic E-state index is 11.2. The van der Waals surface area contributed by atoms with Gasteiger partial charge in [0.25, 0.3) is 0 Å². The van der Waals surface area contributed by atoms with E-state index in [4.69, 9.17) is 0 Å². The molecule has 102 valence electrons. The van der Waals surface area contributed by atoms with Crippen molar-refractivity contribution in [1.29, 1.82) is 0 Å². The molecular weight excluding hydrogens is 238 g/mol. The summed E-state index contributed by atoms with van der Waals surface area (Å²) in [4.78, 5) is 13.6. The molecule has 0 spiro atoms. The Bertz CT molecular complexity index is 433. The second-order valence-electron chi connectivity index (χ2n) is 5.93. The van der Waals surface area contributed by atoms with E-state index in [1.807, 2.05) is 18.2 Å². The molecule has 1 aromatic rings. The van der Waals surface area contributed by atoms with Crippen LogP contribution in [0, 0.1) is 11.8 Å². The number of carboxylic acids is 1. The fourth-order valence-corrected chi connectivity index (χ4v) is 3.82. The molecule has 2 aliphatic rings. The van der Waals surface area contributed by atoms with Crippen LogP contribution in [0.4, 0.5) is 0 Å². The fourth-order valence-electron chi connectivity index (χ4n) is 3.82. The van der Waals surface area contributed by atoms with Crippen LogP contribution in [0.3, 0.4) is 0 Å². The normalized spacial score (nSPS) is 28.2. The number of likely N-dealkylation sites (tertiary alicyclic amines) is 1. The van der Waals surface area contributed by atoms with E-state index in [1.165, 1.54) is 19.3 Å². The average molecular weight is 259 g/mol. The number of benzene rings is 1. The van der Waals surface area contributed by atoms with E-state index in [2.05, 4.69) is 17.0 Å². The number of hydrogen-bond donors (Lipinski definition) is 1. The summed E-state index contributed by atoms with van der Waals surface area (Å²) < 4.78 is 0. The van der Waals surface area contributed by atoms with Crippen molar-refractivity contribution in [2.24, 2.45) is 11.8 Å². The Balaban J connectivity index is 1.78. The summed E-state index contributed by atoms with van der Waals surface area (Å²) in [5, 5.41) is 9.18. The van der Waals surface area contributed by atoms with Crippen molar-refractivity contribution in [3.8, 4) is 0 Å². The van der Waals surface area contributed by atoms with Gasteiger partial charge in [0.05, 0.1) is 6.42 Å². The van der Waals surface area contributed by atoms with Crippen molar-refractivity contribution in [3.05, 3.63) is 35.9 Å². The van der Waals surface area contributed by atoms with Crippen LogP contribution in [0.15, 0.2) is 30.3 Å². The van der Waals surface area contributed by atoms with Crippen LogP contribution in [0.2, 0.25) is 0 Å². The molecule has 3 heteroatoms. The molecule has 1 heterocycles. The molecule has 0 bridgehead atoms. The Morgan fingerprint density at radius 1 is 1.21 bits per heavy atom. The van der Waals surface area contributed by atoms with E-state index in [0.29, 0.717) is 0 Å². The minimum absolute atomic E-state index is 0.0456. The standard InChI is InChI=1S/C16H21NO2/c18-16(19)9-15(12-5-2-1-3-6-12)17-10-13-7-4-8-14(13)11-17/h1-3,5-6,13-15H,4,7-11H2,(H,18,19). The van der Waals surface area contributed by atoms with Crippen molar-refractivity contribution in [2.45, 2.75) is 31.7 Å². The fraction of sp³-hybridized carbons (Fsp3) is 0.562. The molecule has 0 radical (unpaired) electrons. The van der Waals surface area contributed by atoms with Gasteiger partial charge in [-0.2, -0.15) is 0 Å². The Morgan fingerprint density at radius 3 is 2.42 bits per heavy atom.